The molecule has 4 rings (SSSR count). The number of H-pyrrole nitrogens is 1. The van der Waals surface area contributed by atoms with Crippen molar-refractivity contribution in [1.29, 1.82) is 0 Å². The lowest BCUT2D eigenvalue weighted by atomic mass is 10.1. The van der Waals surface area contributed by atoms with E-state index in [-0.39, 0.29) is 11.5 Å². The lowest BCUT2D eigenvalue weighted by molar-refractivity contribution is 0.0263. The fraction of sp³-hybridized carbons (Fsp3) is 0.294. The van der Waals surface area contributed by atoms with Crippen molar-refractivity contribution >= 4 is 17.3 Å². The summed E-state index contributed by atoms with van der Waals surface area (Å²) in [6, 6.07) is 5.39. The number of nitrogens with one attached hydrogen (secondary N) is 1. The molecule has 0 aliphatic heterocycles. The number of rotatable bonds is 4. The van der Waals surface area contributed by atoms with Gasteiger partial charge in [-0.3, -0.25) is 4.79 Å². The second kappa shape index (κ2) is 6.29. The summed E-state index contributed by atoms with van der Waals surface area (Å²) in [5.41, 5.74) is 1.48. The Morgan fingerprint density at radius 3 is 3.12 bits per heavy atom. The molecule has 3 aromatic heterocycles. The van der Waals surface area contributed by atoms with Crippen molar-refractivity contribution in [1.82, 2.24) is 15.1 Å². The number of fused-ring (bicyclic) bond motifs is 1. The van der Waals surface area contributed by atoms with Gasteiger partial charge in [-0.2, -0.15) is 4.98 Å². The maximum atomic E-state index is 12.4. The van der Waals surface area contributed by atoms with Crippen LogP contribution in [0.2, 0.25) is 0 Å². The van der Waals surface area contributed by atoms with Gasteiger partial charge in [0, 0.05) is 5.69 Å². The molecule has 7 nitrogen and oxygen atoms in total. The molecule has 0 saturated carbocycles. The highest BCUT2D eigenvalue weighted by Gasteiger charge is 2.24. The highest BCUT2D eigenvalue weighted by atomic mass is 32.1. The molecular formula is C17H15N3O4S. The first-order valence-electron chi connectivity index (χ1n) is 7.95. The van der Waals surface area contributed by atoms with E-state index in [1.807, 2.05) is 17.5 Å². The average Bonchev–Trinajstić information content (AvgIpc) is 3.33. The van der Waals surface area contributed by atoms with Crippen molar-refractivity contribution in [2.24, 2.45) is 0 Å². The molecule has 1 aliphatic carbocycles. The number of aromatic amines is 1. The zero-order valence-corrected chi connectivity index (χ0v) is 14.3. The van der Waals surface area contributed by atoms with E-state index in [0.717, 1.165) is 35.4 Å². The number of esters is 1. The van der Waals surface area contributed by atoms with Gasteiger partial charge in [0.05, 0.1) is 4.88 Å². The summed E-state index contributed by atoms with van der Waals surface area (Å²) in [7, 11) is 0. The molecule has 3 heterocycles. The van der Waals surface area contributed by atoms with Crippen molar-refractivity contribution in [3.05, 3.63) is 56.6 Å². The Labute approximate surface area is 146 Å². The molecule has 0 radical (unpaired) electrons. The molecule has 128 valence electrons. The summed E-state index contributed by atoms with van der Waals surface area (Å²) >= 11 is 1.49. The Balaban J connectivity index is 1.52. The van der Waals surface area contributed by atoms with E-state index in [2.05, 4.69) is 15.1 Å². The summed E-state index contributed by atoms with van der Waals surface area (Å²) in [4.78, 5) is 32.3. The van der Waals surface area contributed by atoms with Crippen LogP contribution in [0.15, 0.2) is 32.9 Å². The summed E-state index contributed by atoms with van der Waals surface area (Å²) < 4.78 is 10.5. The minimum absolute atomic E-state index is 0.00509. The number of pyridine rings is 1. The highest BCUT2D eigenvalue weighted by molar-refractivity contribution is 7.13. The Kier molecular flexibility index (Phi) is 3.96. The number of carbonyl (C=O) groups is 1. The summed E-state index contributed by atoms with van der Waals surface area (Å²) in [5.74, 6) is -0.0584. The number of carbonyl (C=O) groups excluding carboxylic acids is 1. The van der Waals surface area contributed by atoms with E-state index < -0.39 is 17.6 Å². The first kappa shape index (κ1) is 15.8. The van der Waals surface area contributed by atoms with Gasteiger partial charge in [-0.1, -0.05) is 11.2 Å². The van der Waals surface area contributed by atoms with Crippen LogP contribution in [0.25, 0.3) is 10.7 Å². The number of aromatic nitrogens is 3. The zero-order chi connectivity index (χ0) is 17.4. The van der Waals surface area contributed by atoms with Crippen molar-refractivity contribution in [3.63, 3.8) is 0 Å². The van der Waals surface area contributed by atoms with Crippen molar-refractivity contribution in [2.75, 3.05) is 0 Å². The molecule has 0 spiro atoms. The first-order valence-corrected chi connectivity index (χ1v) is 8.83. The van der Waals surface area contributed by atoms with Crippen LogP contribution in [0.4, 0.5) is 0 Å². The number of hydrogen-bond acceptors (Lipinski definition) is 7. The molecule has 25 heavy (non-hydrogen) atoms. The van der Waals surface area contributed by atoms with Crippen LogP contribution in [0.3, 0.4) is 0 Å². The summed E-state index contributed by atoms with van der Waals surface area (Å²) in [6.07, 6.45) is 1.93. The normalized spacial score (nSPS) is 14.3. The smallest absolute Gasteiger partial charge is 0.344 e. The van der Waals surface area contributed by atoms with Crippen LogP contribution in [0.1, 0.15) is 47.0 Å². The van der Waals surface area contributed by atoms with Crippen molar-refractivity contribution in [2.45, 2.75) is 32.3 Å². The molecule has 0 unspecified atom stereocenters. The number of nitrogens with zero attached hydrogens (tertiary/aromatic N) is 2. The topological polar surface area (TPSA) is 98.1 Å². The molecule has 0 fully saturated rings. The molecule has 1 aliphatic rings. The van der Waals surface area contributed by atoms with E-state index in [1.54, 1.807) is 13.0 Å². The largest absolute Gasteiger partial charge is 0.449 e. The predicted molar refractivity (Wildman–Crippen MR) is 90.5 cm³/mol. The zero-order valence-electron chi connectivity index (χ0n) is 13.4. The Bertz CT molecular complexity index is 974. The summed E-state index contributed by atoms with van der Waals surface area (Å²) in [5, 5.41) is 5.80. The number of thiophene rings is 1. The Morgan fingerprint density at radius 1 is 1.44 bits per heavy atom. The fourth-order valence-corrected chi connectivity index (χ4v) is 3.49. The van der Waals surface area contributed by atoms with E-state index >= 15 is 0 Å². The maximum Gasteiger partial charge on any atom is 0.344 e. The van der Waals surface area contributed by atoms with Crippen LogP contribution in [-0.4, -0.2) is 21.1 Å². The van der Waals surface area contributed by atoms with Crippen molar-refractivity contribution in [3.8, 4) is 10.7 Å². The minimum Gasteiger partial charge on any atom is -0.449 e. The van der Waals surface area contributed by atoms with Crippen LogP contribution in [-0.2, 0) is 17.6 Å². The molecule has 0 bridgehead atoms. The Hall–Kier alpha value is -2.74. The molecular weight excluding hydrogens is 342 g/mol. The van der Waals surface area contributed by atoms with Gasteiger partial charge in [-0.15, -0.1) is 11.3 Å². The standard InChI is InChI=1S/C17H15N3O4S/c1-9(16-19-14(20-24-16)13-6-3-7-25-13)23-17(22)11-8-10-4-2-5-12(10)18-15(11)21/h3,6-9H,2,4-5H2,1H3,(H,18,21)/t9-/m1/s1. The third-order valence-electron chi connectivity index (χ3n) is 4.12. The van der Waals surface area contributed by atoms with Crippen LogP contribution in [0.5, 0.6) is 0 Å². The van der Waals surface area contributed by atoms with Crippen LogP contribution >= 0.6 is 11.3 Å². The third kappa shape index (κ3) is 3.00. The van der Waals surface area contributed by atoms with Gasteiger partial charge >= 0.3 is 5.97 Å². The molecule has 1 atom stereocenters. The SMILES string of the molecule is C[C@@H](OC(=O)c1cc2c([nH]c1=O)CCC2)c1nc(-c2cccs2)no1. The van der Waals surface area contributed by atoms with Gasteiger partial charge in [0.15, 0.2) is 6.10 Å². The Morgan fingerprint density at radius 2 is 2.32 bits per heavy atom. The molecule has 3 aromatic rings. The van der Waals surface area contributed by atoms with E-state index in [4.69, 9.17) is 9.26 Å². The molecule has 0 amide bonds. The predicted octanol–water partition coefficient (Wildman–Crippen LogP) is 2.89. The maximum absolute atomic E-state index is 12.4. The van der Waals surface area contributed by atoms with Crippen molar-refractivity contribution < 1.29 is 14.1 Å². The number of aryl methyl sites for hydroxylation is 2. The second-order valence-electron chi connectivity index (χ2n) is 5.85. The highest BCUT2D eigenvalue weighted by Crippen LogP contribution is 2.25. The van der Waals surface area contributed by atoms with Gasteiger partial charge < -0.3 is 14.2 Å². The second-order valence-corrected chi connectivity index (χ2v) is 6.80. The molecule has 0 aromatic carbocycles. The van der Waals surface area contributed by atoms with E-state index in [1.165, 1.54) is 11.3 Å². The van der Waals surface area contributed by atoms with Gasteiger partial charge in [0.2, 0.25) is 5.82 Å². The fourth-order valence-electron chi connectivity index (χ4n) is 2.85. The van der Waals surface area contributed by atoms with E-state index in [0.29, 0.717) is 5.82 Å². The number of ether oxygens (including phenoxy) is 1. The quantitative estimate of drug-likeness (QED) is 0.721. The first-order chi connectivity index (χ1) is 12.1. The number of hydrogen-bond donors (Lipinski definition) is 1. The molecule has 8 heteroatoms. The lowest BCUT2D eigenvalue weighted by Crippen LogP contribution is -2.22. The van der Waals surface area contributed by atoms with Crippen LogP contribution < -0.4 is 5.56 Å². The van der Waals surface area contributed by atoms with E-state index in [9.17, 15) is 9.59 Å². The molecule has 0 saturated heterocycles. The van der Waals surface area contributed by atoms with Gasteiger partial charge in [0.1, 0.15) is 5.56 Å². The average molecular weight is 357 g/mol. The van der Waals surface area contributed by atoms with Gasteiger partial charge in [-0.05, 0) is 49.3 Å². The monoisotopic (exact) mass is 357 g/mol. The third-order valence-corrected chi connectivity index (χ3v) is 4.99. The van der Waals surface area contributed by atoms with Gasteiger partial charge in [0.25, 0.3) is 11.4 Å². The van der Waals surface area contributed by atoms with Crippen LogP contribution in [0, 0.1) is 0 Å². The van der Waals surface area contributed by atoms with Gasteiger partial charge in [-0.25, -0.2) is 4.79 Å². The minimum atomic E-state index is -0.749. The summed E-state index contributed by atoms with van der Waals surface area (Å²) in [6.45, 7) is 1.63. The molecule has 1 N–H and O–H groups in total. The lowest BCUT2D eigenvalue weighted by Gasteiger charge is -2.09.